The Morgan fingerprint density at radius 2 is 1.68 bits per heavy atom. The number of carbonyl (C=O) groups is 1. The lowest BCUT2D eigenvalue weighted by molar-refractivity contribution is -0.137. The minimum atomic E-state index is -4.36. The molecule has 0 saturated heterocycles. The summed E-state index contributed by atoms with van der Waals surface area (Å²) in [7, 11) is 1.64. The van der Waals surface area contributed by atoms with Crippen LogP contribution in [0.3, 0.4) is 0 Å². The summed E-state index contributed by atoms with van der Waals surface area (Å²) >= 11 is 0. The van der Waals surface area contributed by atoms with E-state index < -0.39 is 11.7 Å². The van der Waals surface area contributed by atoms with Gasteiger partial charge in [-0.05, 0) is 47.7 Å². The van der Waals surface area contributed by atoms with E-state index in [1.165, 1.54) is 29.2 Å². The molecule has 1 aliphatic carbocycles. The Morgan fingerprint density at radius 3 is 2.24 bits per heavy atom. The summed E-state index contributed by atoms with van der Waals surface area (Å²) in [5.74, 6) is -0.422. The molecule has 0 heterocycles. The number of alkyl halides is 3. The molecule has 25 heavy (non-hydrogen) atoms. The highest BCUT2D eigenvalue weighted by atomic mass is 19.4. The van der Waals surface area contributed by atoms with E-state index in [-0.39, 0.29) is 30.1 Å². The topological polar surface area (TPSA) is 20.3 Å². The molecule has 2 aromatic rings. The predicted octanol–water partition coefficient (Wildman–Crippen LogP) is 4.61. The number of hydrogen-bond acceptors (Lipinski definition) is 1. The lowest BCUT2D eigenvalue weighted by atomic mass is 10.1. The van der Waals surface area contributed by atoms with Crippen LogP contribution in [0.1, 0.15) is 29.0 Å². The number of carbonyl (C=O) groups excluding carboxylic acids is 1. The fraction of sp³-hybridized carbons (Fsp3) is 0.316. The molecule has 0 bridgehead atoms. The third kappa shape index (κ3) is 4.00. The van der Waals surface area contributed by atoms with Gasteiger partial charge in [0.25, 0.3) is 0 Å². The van der Waals surface area contributed by atoms with Crippen molar-refractivity contribution >= 4 is 5.91 Å². The molecule has 0 spiro atoms. The van der Waals surface area contributed by atoms with Crippen molar-refractivity contribution < 1.29 is 22.4 Å². The van der Waals surface area contributed by atoms with Crippen LogP contribution in [0, 0.1) is 11.7 Å². The van der Waals surface area contributed by atoms with Crippen LogP contribution in [0.4, 0.5) is 17.6 Å². The van der Waals surface area contributed by atoms with Gasteiger partial charge in [0.2, 0.25) is 5.91 Å². The van der Waals surface area contributed by atoms with Crippen molar-refractivity contribution in [3.63, 3.8) is 0 Å². The molecule has 2 atom stereocenters. The molecule has 1 fully saturated rings. The summed E-state index contributed by atoms with van der Waals surface area (Å²) in [6, 6.07) is 10.9. The van der Waals surface area contributed by atoms with Crippen molar-refractivity contribution in [1.29, 1.82) is 0 Å². The largest absolute Gasteiger partial charge is 0.416 e. The smallest absolute Gasteiger partial charge is 0.341 e. The van der Waals surface area contributed by atoms with E-state index in [1.54, 1.807) is 19.2 Å². The zero-order valence-electron chi connectivity index (χ0n) is 13.6. The quantitative estimate of drug-likeness (QED) is 0.737. The van der Waals surface area contributed by atoms with Crippen LogP contribution in [-0.2, 0) is 17.5 Å². The standard InChI is InChI=1S/C19H17F4NO/c1-24(11-12-2-6-14(7-3-12)19(21,22)23)18(25)17-10-16(17)13-4-8-15(20)9-5-13/h2-9,16-17H,10-11H2,1H3. The predicted molar refractivity (Wildman–Crippen MR) is 85.2 cm³/mol. The molecule has 0 aliphatic heterocycles. The van der Waals surface area contributed by atoms with Gasteiger partial charge >= 0.3 is 6.18 Å². The highest BCUT2D eigenvalue weighted by Gasteiger charge is 2.45. The van der Waals surface area contributed by atoms with Gasteiger partial charge in [0.05, 0.1) is 5.56 Å². The molecule has 1 aliphatic rings. The Labute approximate surface area is 143 Å². The molecular weight excluding hydrogens is 334 g/mol. The molecule has 1 saturated carbocycles. The third-order valence-corrected chi connectivity index (χ3v) is 4.48. The normalized spacial score (nSPS) is 19.6. The van der Waals surface area contributed by atoms with E-state index in [9.17, 15) is 22.4 Å². The number of rotatable bonds is 4. The minimum Gasteiger partial charge on any atom is -0.341 e. The van der Waals surface area contributed by atoms with Gasteiger partial charge in [-0.15, -0.1) is 0 Å². The fourth-order valence-corrected chi connectivity index (χ4v) is 2.98. The van der Waals surface area contributed by atoms with E-state index in [2.05, 4.69) is 0 Å². The molecular formula is C19H17F4NO. The highest BCUT2D eigenvalue weighted by molar-refractivity contribution is 5.82. The van der Waals surface area contributed by atoms with Gasteiger partial charge in [-0.2, -0.15) is 13.2 Å². The number of nitrogens with zero attached hydrogens (tertiary/aromatic N) is 1. The summed E-state index contributed by atoms with van der Waals surface area (Å²) in [4.78, 5) is 14.0. The highest BCUT2D eigenvalue weighted by Crippen LogP contribution is 2.48. The summed E-state index contributed by atoms with van der Waals surface area (Å²) in [6.07, 6.45) is -3.65. The molecule has 132 valence electrons. The van der Waals surface area contributed by atoms with Crippen molar-refractivity contribution in [2.45, 2.75) is 25.1 Å². The second-order valence-corrected chi connectivity index (χ2v) is 6.39. The van der Waals surface area contributed by atoms with Crippen LogP contribution in [0.2, 0.25) is 0 Å². The zero-order valence-corrected chi connectivity index (χ0v) is 13.6. The van der Waals surface area contributed by atoms with Crippen molar-refractivity contribution in [2.24, 2.45) is 5.92 Å². The van der Waals surface area contributed by atoms with E-state index in [0.29, 0.717) is 12.0 Å². The zero-order chi connectivity index (χ0) is 18.2. The maximum absolute atomic E-state index is 13.0. The molecule has 0 radical (unpaired) electrons. The van der Waals surface area contributed by atoms with Crippen LogP contribution >= 0.6 is 0 Å². The van der Waals surface area contributed by atoms with E-state index in [4.69, 9.17) is 0 Å². The van der Waals surface area contributed by atoms with Gasteiger partial charge in [-0.25, -0.2) is 4.39 Å². The first-order valence-electron chi connectivity index (χ1n) is 7.92. The number of hydrogen-bond donors (Lipinski definition) is 0. The van der Waals surface area contributed by atoms with Crippen molar-refractivity contribution in [1.82, 2.24) is 4.90 Å². The lowest BCUT2D eigenvalue weighted by Crippen LogP contribution is -2.28. The van der Waals surface area contributed by atoms with Crippen molar-refractivity contribution in [3.05, 3.63) is 71.0 Å². The van der Waals surface area contributed by atoms with Crippen LogP contribution in [-0.4, -0.2) is 17.9 Å². The van der Waals surface area contributed by atoms with Gasteiger partial charge in [0.1, 0.15) is 5.82 Å². The molecule has 1 amide bonds. The second-order valence-electron chi connectivity index (χ2n) is 6.39. The van der Waals surface area contributed by atoms with E-state index >= 15 is 0 Å². The molecule has 2 unspecified atom stereocenters. The van der Waals surface area contributed by atoms with E-state index in [1.807, 2.05) is 0 Å². The minimum absolute atomic E-state index is 0.0470. The van der Waals surface area contributed by atoms with Gasteiger partial charge in [-0.3, -0.25) is 4.79 Å². The molecule has 0 N–H and O–H groups in total. The van der Waals surface area contributed by atoms with E-state index in [0.717, 1.165) is 17.7 Å². The fourth-order valence-electron chi connectivity index (χ4n) is 2.98. The first-order chi connectivity index (χ1) is 11.8. The van der Waals surface area contributed by atoms with Crippen molar-refractivity contribution in [3.8, 4) is 0 Å². The Balaban J connectivity index is 1.59. The number of halogens is 4. The molecule has 2 nitrogen and oxygen atoms in total. The second kappa shape index (κ2) is 6.50. The van der Waals surface area contributed by atoms with Gasteiger partial charge in [0.15, 0.2) is 0 Å². The number of amides is 1. The lowest BCUT2D eigenvalue weighted by Gasteiger charge is -2.18. The van der Waals surface area contributed by atoms with Crippen LogP contribution in [0.15, 0.2) is 48.5 Å². The Bertz CT molecular complexity index is 752. The Morgan fingerprint density at radius 1 is 1.08 bits per heavy atom. The van der Waals surface area contributed by atoms with Gasteiger partial charge in [-0.1, -0.05) is 24.3 Å². The average molecular weight is 351 g/mol. The Kier molecular flexibility index (Phi) is 4.54. The summed E-state index contributed by atoms with van der Waals surface area (Å²) in [5, 5.41) is 0. The number of benzene rings is 2. The summed E-state index contributed by atoms with van der Waals surface area (Å²) in [5.41, 5.74) is 0.870. The third-order valence-electron chi connectivity index (χ3n) is 4.48. The summed E-state index contributed by atoms with van der Waals surface area (Å²) < 4.78 is 50.7. The molecule has 3 rings (SSSR count). The monoisotopic (exact) mass is 351 g/mol. The maximum Gasteiger partial charge on any atom is 0.416 e. The molecule has 6 heteroatoms. The SMILES string of the molecule is CN(Cc1ccc(C(F)(F)F)cc1)C(=O)C1CC1c1ccc(F)cc1. The molecule has 2 aromatic carbocycles. The van der Waals surface area contributed by atoms with Crippen LogP contribution in [0.25, 0.3) is 0 Å². The maximum atomic E-state index is 13.0. The average Bonchev–Trinajstić information content (AvgIpc) is 3.35. The van der Waals surface area contributed by atoms with Crippen LogP contribution < -0.4 is 0 Å². The first kappa shape index (κ1) is 17.5. The summed E-state index contributed by atoms with van der Waals surface area (Å²) in [6.45, 7) is 0.254. The van der Waals surface area contributed by atoms with Gasteiger partial charge < -0.3 is 4.90 Å². The van der Waals surface area contributed by atoms with Crippen molar-refractivity contribution in [2.75, 3.05) is 7.05 Å². The van der Waals surface area contributed by atoms with Gasteiger partial charge in [0, 0.05) is 19.5 Å². The first-order valence-corrected chi connectivity index (χ1v) is 7.92. The van der Waals surface area contributed by atoms with Crippen LogP contribution in [0.5, 0.6) is 0 Å². The Hall–Kier alpha value is -2.37. The molecule has 0 aromatic heterocycles.